The molecule has 184 valence electrons. The van der Waals surface area contributed by atoms with Gasteiger partial charge in [0, 0.05) is 12.6 Å². The van der Waals surface area contributed by atoms with Gasteiger partial charge in [-0.05, 0) is 51.5 Å². The first kappa shape index (κ1) is 30.1. The molecular weight excluding hydrogens is 386 g/mol. The van der Waals surface area contributed by atoms with Crippen LogP contribution in [0.25, 0.3) is 0 Å². The highest BCUT2D eigenvalue weighted by atomic mass is 16.5. The molecule has 1 atom stereocenters. The maximum Gasteiger partial charge on any atom is 0.330 e. The summed E-state index contributed by atoms with van der Waals surface area (Å²) in [5.74, 6) is -0.150. The van der Waals surface area contributed by atoms with Crippen molar-refractivity contribution in [3.63, 3.8) is 0 Å². The van der Waals surface area contributed by atoms with Crippen molar-refractivity contribution < 1.29 is 14.6 Å². The molecule has 0 aliphatic heterocycles. The number of esters is 1. The number of carbonyl (C=O) groups is 1. The Labute approximate surface area is 193 Å². The van der Waals surface area contributed by atoms with Gasteiger partial charge in [-0.1, -0.05) is 90.6 Å². The van der Waals surface area contributed by atoms with Gasteiger partial charge in [0.15, 0.2) is 0 Å². The molecule has 0 aromatic carbocycles. The van der Waals surface area contributed by atoms with Gasteiger partial charge >= 0.3 is 5.97 Å². The van der Waals surface area contributed by atoms with E-state index in [1.165, 1.54) is 83.5 Å². The maximum absolute atomic E-state index is 12.2. The van der Waals surface area contributed by atoms with Crippen molar-refractivity contribution in [2.75, 3.05) is 19.7 Å². The van der Waals surface area contributed by atoms with Crippen LogP contribution in [0, 0.1) is 0 Å². The summed E-state index contributed by atoms with van der Waals surface area (Å²) in [5, 5.41) is 12.0. The molecule has 0 heterocycles. The molecule has 0 fully saturated rings. The van der Waals surface area contributed by atoms with E-state index in [4.69, 9.17) is 9.84 Å². The number of unbranched alkanes of at least 4 members (excludes halogenated alkanes) is 13. The molecule has 0 saturated carbocycles. The Morgan fingerprint density at radius 1 is 0.774 bits per heavy atom. The minimum absolute atomic E-state index is 0.0837. The fourth-order valence-electron chi connectivity index (χ4n) is 3.84. The Balaban J connectivity index is 3.91. The van der Waals surface area contributed by atoms with Crippen molar-refractivity contribution in [1.29, 1.82) is 0 Å². The predicted octanol–water partition coefficient (Wildman–Crippen LogP) is 7.10. The van der Waals surface area contributed by atoms with E-state index >= 15 is 0 Å². The molecule has 0 aromatic rings. The second-order valence-electron chi connectivity index (χ2n) is 8.90. The number of hydrogen-bond acceptors (Lipinski definition) is 4. The van der Waals surface area contributed by atoms with Crippen LogP contribution in [-0.2, 0) is 9.53 Å². The van der Waals surface area contributed by atoms with Gasteiger partial charge < -0.3 is 15.2 Å². The predicted molar refractivity (Wildman–Crippen MR) is 133 cm³/mol. The Morgan fingerprint density at radius 2 is 1.32 bits per heavy atom. The van der Waals surface area contributed by atoms with Gasteiger partial charge in [0.2, 0.25) is 0 Å². The Morgan fingerprint density at radius 3 is 2.00 bits per heavy atom. The lowest BCUT2D eigenvalue weighted by Crippen LogP contribution is -2.19. The van der Waals surface area contributed by atoms with Gasteiger partial charge in [0.05, 0.1) is 6.61 Å². The average molecular weight is 440 g/mol. The van der Waals surface area contributed by atoms with E-state index in [9.17, 15) is 4.79 Å². The zero-order valence-corrected chi connectivity index (χ0v) is 20.8. The normalized spacial score (nSPS) is 12.5. The zero-order chi connectivity index (χ0) is 22.8. The maximum atomic E-state index is 12.2. The number of allylic oxidation sites excluding steroid dienone is 1. The minimum Gasteiger partial charge on any atom is -0.459 e. The molecule has 0 radical (unpaired) electrons. The van der Waals surface area contributed by atoms with Gasteiger partial charge in [-0.2, -0.15) is 0 Å². The molecule has 0 aliphatic carbocycles. The first-order valence-corrected chi connectivity index (χ1v) is 13.4. The Bertz CT molecular complexity index is 398. The van der Waals surface area contributed by atoms with Crippen LogP contribution >= 0.6 is 0 Å². The smallest absolute Gasteiger partial charge is 0.330 e. The molecule has 0 spiro atoms. The van der Waals surface area contributed by atoms with E-state index in [2.05, 4.69) is 19.2 Å². The summed E-state index contributed by atoms with van der Waals surface area (Å²) in [5.41, 5.74) is 0. The third-order valence-electron chi connectivity index (χ3n) is 5.81. The summed E-state index contributed by atoms with van der Waals surface area (Å²) in [6, 6.07) is 0. The molecule has 0 rings (SSSR count). The van der Waals surface area contributed by atoms with Crippen molar-refractivity contribution in [1.82, 2.24) is 5.32 Å². The summed E-state index contributed by atoms with van der Waals surface area (Å²) in [4.78, 5) is 12.2. The molecule has 31 heavy (non-hydrogen) atoms. The third-order valence-corrected chi connectivity index (χ3v) is 5.81. The first-order chi connectivity index (χ1) is 15.2. The highest BCUT2D eigenvalue weighted by Crippen LogP contribution is 2.16. The van der Waals surface area contributed by atoms with Crippen LogP contribution in [-0.4, -0.2) is 36.9 Å². The highest BCUT2D eigenvalue weighted by molar-refractivity contribution is 5.82. The molecule has 0 bridgehead atoms. The number of aliphatic hydroxyl groups excluding tert-OH is 1. The summed E-state index contributed by atoms with van der Waals surface area (Å²) in [6.07, 6.45) is 25.3. The molecule has 2 N–H and O–H groups in total. The third kappa shape index (κ3) is 23.6. The number of ether oxygens (including phenoxy) is 1. The van der Waals surface area contributed by atoms with Gasteiger partial charge in [0.1, 0.15) is 6.10 Å². The van der Waals surface area contributed by atoms with Gasteiger partial charge in [-0.25, -0.2) is 4.79 Å². The van der Waals surface area contributed by atoms with Crippen molar-refractivity contribution in [2.45, 2.75) is 136 Å². The average Bonchev–Trinajstić information content (AvgIpc) is 2.76. The standard InChI is InChI=1S/C27H53NO3/c1-3-5-7-8-9-10-14-18-22-27(30)31-26(20-16-6-4-2)21-17-13-11-12-15-19-23-28-24-25-29/h18,22,26,28-29H,3-17,19-21,23-25H2,1-2H3. The molecule has 1 unspecified atom stereocenters. The largest absolute Gasteiger partial charge is 0.459 e. The van der Waals surface area contributed by atoms with Crippen LogP contribution in [0.2, 0.25) is 0 Å². The van der Waals surface area contributed by atoms with E-state index in [-0.39, 0.29) is 18.7 Å². The minimum atomic E-state index is -0.150. The molecule has 4 heteroatoms. The van der Waals surface area contributed by atoms with Crippen molar-refractivity contribution in [3.05, 3.63) is 12.2 Å². The van der Waals surface area contributed by atoms with E-state index in [1.54, 1.807) is 6.08 Å². The van der Waals surface area contributed by atoms with Crippen LogP contribution in [0.15, 0.2) is 12.2 Å². The second kappa shape index (κ2) is 25.4. The van der Waals surface area contributed by atoms with Crippen LogP contribution in [0.4, 0.5) is 0 Å². The van der Waals surface area contributed by atoms with E-state index < -0.39 is 0 Å². The second-order valence-corrected chi connectivity index (χ2v) is 8.90. The van der Waals surface area contributed by atoms with Gasteiger partial charge in [-0.15, -0.1) is 0 Å². The summed E-state index contributed by atoms with van der Waals surface area (Å²) >= 11 is 0. The van der Waals surface area contributed by atoms with E-state index in [0.29, 0.717) is 6.54 Å². The van der Waals surface area contributed by atoms with Gasteiger partial charge in [-0.3, -0.25) is 0 Å². The van der Waals surface area contributed by atoms with Gasteiger partial charge in [0.25, 0.3) is 0 Å². The van der Waals surface area contributed by atoms with Crippen molar-refractivity contribution in [2.24, 2.45) is 0 Å². The lowest BCUT2D eigenvalue weighted by atomic mass is 10.0. The quantitative estimate of drug-likeness (QED) is 0.0956. The Kier molecular flexibility index (Phi) is 24.7. The van der Waals surface area contributed by atoms with Crippen LogP contribution < -0.4 is 5.32 Å². The fourth-order valence-corrected chi connectivity index (χ4v) is 3.84. The summed E-state index contributed by atoms with van der Waals surface area (Å²) < 4.78 is 5.78. The summed E-state index contributed by atoms with van der Waals surface area (Å²) in [7, 11) is 0. The lowest BCUT2D eigenvalue weighted by Gasteiger charge is -2.17. The van der Waals surface area contributed by atoms with E-state index in [1.807, 2.05) is 6.08 Å². The number of nitrogens with one attached hydrogen (secondary N) is 1. The molecular formula is C27H53NO3. The fraction of sp³-hybridized carbons (Fsp3) is 0.889. The number of carbonyl (C=O) groups excluding carboxylic acids is 1. The molecule has 0 aromatic heterocycles. The topological polar surface area (TPSA) is 58.6 Å². The van der Waals surface area contributed by atoms with Crippen molar-refractivity contribution >= 4 is 5.97 Å². The summed E-state index contributed by atoms with van der Waals surface area (Å²) in [6.45, 7) is 6.38. The highest BCUT2D eigenvalue weighted by Gasteiger charge is 2.12. The molecule has 0 amide bonds. The van der Waals surface area contributed by atoms with Crippen LogP contribution in [0.5, 0.6) is 0 Å². The molecule has 0 aliphatic rings. The number of rotatable bonds is 24. The van der Waals surface area contributed by atoms with E-state index in [0.717, 1.165) is 38.6 Å². The first-order valence-electron chi connectivity index (χ1n) is 13.4. The molecule has 4 nitrogen and oxygen atoms in total. The SMILES string of the molecule is CCCCCCCCC=CC(=O)OC(CCCCC)CCCCCCCCNCCO. The number of aliphatic hydroxyl groups is 1. The zero-order valence-electron chi connectivity index (χ0n) is 20.8. The van der Waals surface area contributed by atoms with Crippen molar-refractivity contribution in [3.8, 4) is 0 Å². The van der Waals surface area contributed by atoms with Crippen LogP contribution in [0.1, 0.15) is 129 Å². The Hall–Kier alpha value is -0.870. The lowest BCUT2D eigenvalue weighted by molar-refractivity contribution is -0.143. The number of hydrogen-bond donors (Lipinski definition) is 2. The van der Waals surface area contributed by atoms with Crippen LogP contribution in [0.3, 0.4) is 0 Å². The monoisotopic (exact) mass is 439 g/mol. The molecule has 0 saturated heterocycles.